The summed E-state index contributed by atoms with van der Waals surface area (Å²) in [6.07, 6.45) is 21.9. The summed E-state index contributed by atoms with van der Waals surface area (Å²) < 4.78 is 4.89. The lowest BCUT2D eigenvalue weighted by atomic mass is 10.0. The molecule has 4 heteroatoms. The minimum atomic E-state index is -0.163. The van der Waals surface area contributed by atoms with Crippen LogP contribution in [0.15, 0.2) is 0 Å². The number of methoxy groups -OCH3 is 1. The van der Waals surface area contributed by atoms with E-state index in [0.29, 0.717) is 6.54 Å². The Morgan fingerprint density at radius 1 is 0.778 bits per heavy atom. The number of nitrogens with one attached hydrogen (secondary N) is 1. The second kappa shape index (κ2) is 21.7. The Bertz CT molecular complexity index is 311. The van der Waals surface area contributed by atoms with Crippen LogP contribution in [0.3, 0.4) is 0 Å². The molecule has 0 heterocycles. The van der Waals surface area contributed by atoms with Crippen LogP contribution in [-0.4, -0.2) is 32.2 Å². The lowest BCUT2D eigenvalue weighted by Crippen LogP contribution is -2.38. The summed E-state index contributed by atoms with van der Waals surface area (Å²) in [5.41, 5.74) is 5.52. The first-order valence-corrected chi connectivity index (χ1v) is 11.8. The Kier molecular flexibility index (Phi) is 21.2. The van der Waals surface area contributed by atoms with Gasteiger partial charge in [-0.3, -0.25) is 4.79 Å². The van der Waals surface area contributed by atoms with Crippen LogP contribution in [0.4, 0.5) is 0 Å². The Balaban J connectivity index is 3.38. The van der Waals surface area contributed by atoms with E-state index in [-0.39, 0.29) is 12.0 Å². The Hall–Kier alpha value is -0.610. The van der Waals surface area contributed by atoms with E-state index in [2.05, 4.69) is 12.2 Å². The van der Waals surface area contributed by atoms with Crippen molar-refractivity contribution in [1.29, 1.82) is 0 Å². The average molecular weight is 385 g/mol. The third-order valence-corrected chi connectivity index (χ3v) is 5.35. The van der Waals surface area contributed by atoms with E-state index in [1.54, 1.807) is 0 Å². The van der Waals surface area contributed by atoms with E-state index < -0.39 is 0 Å². The lowest BCUT2D eigenvalue weighted by molar-refractivity contribution is -0.143. The molecule has 3 N–H and O–H groups in total. The van der Waals surface area contributed by atoms with Gasteiger partial charge < -0.3 is 15.8 Å². The quantitative estimate of drug-likeness (QED) is 0.196. The van der Waals surface area contributed by atoms with Crippen molar-refractivity contribution in [2.45, 2.75) is 122 Å². The predicted octanol–water partition coefficient (Wildman–Crippen LogP) is 5.73. The van der Waals surface area contributed by atoms with E-state index >= 15 is 0 Å². The Labute approximate surface area is 169 Å². The number of hydrogen-bond donors (Lipinski definition) is 2. The van der Waals surface area contributed by atoms with Crippen LogP contribution in [0.1, 0.15) is 116 Å². The zero-order valence-corrected chi connectivity index (χ0v) is 18.4. The van der Waals surface area contributed by atoms with Crippen molar-refractivity contribution >= 4 is 5.97 Å². The van der Waals surface area contributed by atoms with Crippen LogP contribution < -0.4 is 11.1 Å². The van der Waals surface area contributed by atoms with Crippen LogP contribution in [0, 0.1) is 0 Å². The molecule has 27 heavy (non-hydrogen) atoms. The molecule has 0 bridgehead atoms. The fourth-order valence-corrected chi connectivity index (χ4v) is 3.53. The van der Waals surface area contributed by atoms with Crippen LogP contribution in [0.5, 0.6) is 0 Å². The fraction of sp³-hybridized carbons (Fsp3) is 0.957. The largest absolute Gasteiger partial charge is 0.468 e. The second-order valence-corrected chi connectivity index (χ2v) is 7.91. The van der Waals surface area contributed by atoms with Gasteiger partial charge in [0, 0.05) is 0 Å². The highest BCUT2D eigenvalue weighted by molar-refractivity contribution is 5.75. The molecule has 1 atom stereocenters. The van der Waals surface area contributed by atoms with Gasteiger partial charge in [-0.1, -0.05) is 96.8 Å². The Morgan fingerprint density at radius 3 is 1.70 bits per heavy atom. The first kappa shape index (κ1) is 26.4. The van der Waals surface area contributed by atoms with E-state index in [1.807, 2.05) is 0 Å². The molecule has 4 nitrogen and oxygen atoms in total. The van der Waals surface area contributed by atoms with Crippen molar-refractivity contribution in [3.8, 4) is 0 Å². The van der Waals surface area contributed by atoms with Gasteiger partial charge in [0.1, 0.15) is 6.04 Å². The normalized spacial score (nSPS) is 12.3. The highest BCUT2D eigenvalue weighted by Gasteiger charge is 2.17. The minimum Gasteiger partial charge on any atom is -0.468 e. The van der Waals surface area contributed by atoms with Gasteiger partial charge in [0.25, 0.3) is 0 Å². The molecule has 0 saturated carbocycles. The summed E-state index contributed by atoms with van der Waals surface area (Å²) in [4.78, 5) is 11.8. The number of rotatable bonds is 21. The second-order valence-electron chi connectivity index (χ2n) is 7.91. The van der Waals surface area contributed by atoms with Gasteiger partial charge >= 0.3 is 5.97 Å². The number of unbranched alkanes of at least 4 members (excludes halogenated alkanes) is 14. The van der Waals surface area contributed by atoms with Gasteiger partial charge in [0.2, 0.25) is 0 Å². The molecule has 0 aromatic heterocycles. The standard InChI is InChI=1S/C23H48N2O2/c1-3-4-5-6-7-8-9-10-11-12-13-14-15-18-21-25-22(23(26)27-2)19-16-17-20-24/h22,25H,3-21,24H2,1-2H3. The number of esters is 1. The zero-order chi connectivity index (χ0) is 20.0. The maximum absolute atomic E-state index is 11.8. The van der Waals surface area contributed by atoms with Crippen molar-refractivity contribution in [2.24, 2.45) is 5.73 Å². The molecule has 0 aliphatic heterocycles. The maximum atomic E-state index is 11.8. The summed E-state index contributed by atoms with van der Waals surface area (Å²) in [5.74, 6) is -0.141. The molecule has 162 valence electrons. The van der Waals surface area contributed by atoms with Gasteiger partial charge in [0.05, 0.1) is 7.11 Å². The van der Waals surface area contributed by atoms with E-state index in [4.69, 9.17) is 10.5 Å². The van der Waals surface area contributed by atoms with Crippen LogP contribution in [-0.2, 0) is 9.53 Å². The number of ether oxygens (including phenoxy) is 1. The number of nitrogens with two attached hydrogens (primary N) is 1. The van der Waals surface area contributed by atoms with Crippen molar-refractivity contribution in [3.63, 3.8) is 0 Å². The molecule has 0 aliphatic carbocycles. The van der Waals surface area contributed by atoms with E-state index in [9.17, 15) is 4.79 Å². The summed E-state index contributed by atoms with van der Waals surface area (Å²) in [5, 5.41) is 3.36. The number of carbonyl (C=O) groups is 1. The molecule has 0 aliphatic rings. The predicted molar refractivity (Wildman–Crippen MR) is 117 cm³/mol. The van der Waals surface area contributed by atoms with Gasteiger partial charge in [-0.15, -0.1) is 0 Å². The Morgan fingerprint density at radius 2 is 1.26 bits per heavy atom. The van der Waals surface area contributed by atoms with Crippen LogP contribution in [0.25, 0.3) is 0 Å². The third kappa shape index (κ3) is 18.5. The molecule has 0 saturated heterocycles. The topological polar surface area (TPSA) is 64.3 Å². The zero-order valence-electron chi connectivity index (χ0n) is 18.4. The summed E-state index contributed by atoms with van der Waals surface area (Å²) >= 11 is 0. The lowest BCUT2D eigenvalue weighted by Gasteiger charge is -2.16. The molecule has 0 amide bonds. The average Bonchev–Trinajstić information content (AvgIpc) is 2.69. The van der Waals surface area contributed by atoms with Gasteiger partial charge in [0.15, 0.2) is 0 Å². The van der Waals surface area contributed by atoms with E-state index in [0.717, 1.165) is 32.2 Å². The third-order valence-electron chi connectivity index (χ3n) is 5.35. The molecule has 0 fully saturated rings. The molecular weight excluding hydrogens is 336 g/mol. The van der Waals surface area contributed by atoms with Gasteiger partial charge in [-0.25, -0.2) is 0 Å². The van der Waals surface area contributed by atoms with E-state index in [1.165, 1.54) is 90.6 Å². The molecule has 0 aromatic carbocycles. The number of hydrogen-bond acceptors (Lipinski definition) is 4. The van der Waals surface area contributed by atoms with Gasteiger partial charge in [-0.05, 0) is 32.4 Å². The van der Waals surface area contributed by atoms with Crippen molar-refractivity contribution in [3.05, 3.63) is 0 Å². The first-order chi connectivity index (χ1) is 13.3. The minimum absolute atomic E-state index is 0.141. The monoisotopic (exact) mass is 384 g/mol. The maximum Gasteiger partial charge on any atom is 0.322 e. The SMILES string of the molecule is CCCCCCCCCCCCCCCCNC(CCCCN)C(=O)OC. The molecule has 1 unspecified atom stereocenters. The summed E-state index contributed by atoms with van der Waals surface area (Å²) in [7, 11) is 1.46. The van der Waals surface area contributed by atoms with Crippen LogP contribution in [0.2, 0.25) is 0 Å². The van der Waals surface area contributed by atoms with Crippen molar-refractivity contribution in [1.82, 2.24) is 5.32 Å². The van der Waals surface area contributed by atoms with Crippen molar-refractivity contribution in [2.75, 3.05) is 20.2 Å². The van der Waals surface area contributed by atoms with Crippen LogP contribution >= 0.6 is 0 Å². The summed E-state index contributed by atoms with van der Waals surface area (Å²) in [6.45, 7) is 3.87. The molecule has 0 rings (SSSR count). The van der Waals surface area contributed by atoms with Crippen molar-refractivity contribution < 1.29 is 9.53 Å². The fourth-order valence-electron chi connectivity index (χ4n) is 3.53. The molecule has 0 aromatic rings. The highest BCUT2D eigenvalue weighted by atomic mass is 16.5. The number of carbonyl (C=O) groups excluding carboxylic acids is 1. The van der Waals surface area contributed by atoms with Gasteiger partial charge in [-0.2, -0.15) is 0 Å². The molecular formula is C23H48N2O2. The summed E-state index contributed by atoms with van der Waals surface area (Å²) in [6, 6.07) is -0.163. The molecule has 0 radical (unpaired) electrons. The first-order valence-electron chi connectivity index (χ1n) is 11.8. The molecule has 0 spiro atoms. The smallest absolute Gasteiger partial charge is 0.322 e. The highest BCUT2D eigenvalue weighted by Crippen LogP contribution is 2.13.